The smallest absolute Gasteiger partial charge is 0.137 e. The third-order valence-corrected chi connectivity index (χ3v) is 4.33. The molecule has 0 aliphatic carbocycles. The van der Waals surface area contributed by atoms with Crippen molar-refractivity contribution in [2.45, 2.75) is 0 Å². The molecule has 3 nitrogen and oxygen atoms in total. The minimum Gasteiger partial charge on any atom is -0.378 e. The number of nitrogens with one attached hydrogen (secondary N) is 1. The van der Waals surface area contributed by atoms with Crippen LogP contribution in [0.4, 0.5) is 5.69 Å². The summed E-state index contributed by atoms with van der Waals surface area (Å²) in [5.74, 6) is 0. The lowest BCUT2D eigenvalue weighted by atomic mass is 10.0. The summed E-state index contributed by atoms with van der Waals surface area (Å²) in [6.45, 7) is 0. The number of anilines is 1. The highest BCUT2D eigenvalue weighted by Crippen LogP contribution is 2.31. The van der Waals surface area contributed by atoms with Crippen molar-refractivity contribution in [2.24, 2.45) is 0 Å². The Bertz CT molecular complexity index is 967. The van der Waals surface area contributed by atoms with Crippen molar-refractivity contribution in [3.63, 3.8) is 0 Å². The molecule has 0 atom stereocenters. The fourth-order valence-corrected chi connectivity index (χ4v) is 2.97. The largest absolute Gasteiger partial charge is 0.378 e. The van der Waals surface area contributed by atoms with E-state index in [1.54, 1.807) is 0 Å². The van der Waals surface area contributed by atoms with Gasteiger partial charge in [-0.3, -0.25) is 0 Å². The van der Waals surface area contributed by atoms with Crippen LogP contribution >= 0.6 is 0 Å². The van der Waals surface area contributed by atoms with E-state index < -0.39 is 0 Å². The molecular formula is C21H19N3. The third kappa shape index (κ3) is 2.54. The first-order valence-corrected chi connectivity index (χ1v) is 8.03. The van der Waals surface area contributed by atoms with Crippen molar-refractivity contribution < 1.29 is 0 Å². The molecule has 2 aromatic heterocycles. The van der Waals surface area contributed by atoms with Crippen molar-refractivity contribution >= 4 is 16.7 Å². The Balaban J connectivity index is 1.80. The van der Waals surface area contributed by atoms with Crippen LogP contribution in [0.3, 0.4) is 0 Å². The van der Waals surface area contributed by atoms with Crippen LogP contribution in [-0.2, 0) is 0 Å². The van der Waals surface area contributed by atoms with E-state index in [0.717, 1.165) is 16.6 Å². The molecule has 118 valence electrons. The lowest BCUT2D eigenvalue weighted by Crippen LogP contribution is -2.07. The second-order valence-corrected chi connectivity index (χ2v) is 6.13. The first-order valence-electron chi connectivity index (χ1n) is 8.03. The number of pyridine rings is 1. The first kappa shape index (κ1) is 14.5. The molecule has 4 aromatic rings. The number of fused-ring (bicyclic) bond motifs is 1. The Morgan fingerprint density at radius 1 is 0.833 bits per heavy atom. The predicted octanol–water partition coefficient (Wildman–Crippen LogP) is 4.96. The average molecular weight is 313 g/mol. The summed E-state index contributed by atoms with van der Waals surface area (Å²) >= 11 is 0. The highest BCUT2D eigenvalue weighted by Gasteiger charge is 2.09. The van der Waals surface area contributed by atoms with Crippen LogP contribution in [-0.4, -0.2) is 24.1 Å². The minimum atomic E-state index is 0.919. The van der Waals surface area contributed by atoms with Gasteiger partial charge >= 0.3 is 0 Å². The normalized spacial score (nSPS) is 10.9. The monoisotopic (exact) mass is 313 g/mol. The highest BCUT2D eigenvalue weighted by molar-refractivity contribution is 5.95. The number of benzene rings is 2. The van der Waals surface area contributed by atoms with E-state index in [2.05, 4.69) is 83.6 Å². The van der Waals surface area contributed by atoms with E-state index in [9.17, 15) is 0 Å². The van der Waals surface area contributed by atoms with E-state index in [4.69, 9.17) is 0 Å². The molecule has 0 spiro atoms. The summed E-state index contributed by atoms with van der Waals surface area (Å²) in [7, 11) is 4.10. The van der Waals surface area contributed by atoms with E-state index in [-0.39, 0.29) is 0 Å². The van der Waals surface area contributed by atoms with Gasteiger partial charge in [0, 0.05) is 48.7 Å². The van der Waals surface area contributed by atoms with Crippen molar-refractivity contribution in [2.75, 3.05) is 19.0 Å². The molecule has 2 aromatic carbocycles. The fourth-order valence-electron chi connectivity index (χ4n) is 2.97. The van der Waals surface area contributed by atoms with E-state index in [1.807, 2.05) is 18.5 Å². The van der Waals surface area contributed by atoms with E-state index in [1.165, 1.54) is 22.4 Å². The Labute approximate surface area is 141 Å². The molecular weight excluding hydrogens is 294 g/mol. The predicted molar refractivity (Wildman–Crippen MR) is 101 cm³/mol. The van der Waals surface area contributed by atoms with Gasteiger partial charge in [0.15, 0.2) is 0 Å². The molecule has 0 aliphatic rings. The lowest BCUT2D eigenvalue weighted by molar-refractivity contribution is 1.13. The Morgan fingerprint density at radius 3 is 2.29 bits per heavy atom. The molecule has 0 amide bonds. The zero-order valence-electron chi connectivity index (χ0n) is 13.8. The zero-order chi connectivity index (χ0) is 16.5. The van der Waals surface area contributed by atoms with Crippen molar-refractivity contribution in [3.05, 3.63) is 73.1 Å². The Morgan fingerprint density at radius 2 is 1.58 bits per heavy atom. The van der Waals surface area contributed by atoms with Gasteiger partial charge in [-0.25, -0.2) is 4.98 Å². The molecule has 0 saturated heterocycles. The molecule has 0 saturated carbocycles. The third-order valence-electron chi connectivity index (χ3n) is 4.33. The van der Waals surface area contributed by atoms with Crippen molar-refractivity contribution in [1.82, 2.24) is 9.97 Å². The summed E-state index contributed by atoms with van der Waals surface area (Å²) in [6, 6.07) is 21.2. The highest BCUT2D eigenvalue weighted by atomic mass is 15.1. The summed E-state index contributed by atoms with van der Waals surface area (Å²) < 4.78 is 0. The Kier molecular flexibility index (Phi) is 3.54. The number of H-pyrrole nitrogens is 1. The van der Waals surface area contributed by atoms with Crippen LogP contribution in [0.25, 0.3) is 33.3 Å². The molecule has 0 aliphatic heterocycles. The van der Waals surface area contributed by atoms with Crippen LogP contribution in [0.15, 0.2) is 73.1 Å². The van der Waals surface area contributed by atoms with Gasteiger partial charge < -0.3 is 9.88 Å². The van der Waals surface area contributed by atoms with Gasteiger partial charge in [0.25, 0.3) is 0 Å². The number of aromatic amines is 1. The number of aromatic nitrogens is 2. The maximum Gasteiger partial charge on any atom is 0.137 e. The molecule has 24 heavy (non-hydrogen) atoms. The summed E-state index contributed by atoms with van der Waals surface area (Å²) in [5, 5.41) is 1.15. The molecule has 2 heterocycles. The molecule has 0 radical (unpaired) electrons. The topological polar surface area (TPSA) is 31.9 Å². The maximum atomic E-state index is 4.60. The average Bonchev–Trinajstić information content (AvgIpc) is 3.05. The van der Waals surface area contributed by atoms with Gasteiger partial charge in [0.2, 0.25) is 0 Å². The van der Waals surface area contributed by atoms with Crippen LogP contribution in [0.1, 0.15) is 0 Å². The van der Waals surface area contributed by atoms with Crippen LogP contribution in [0.5, 0.6) is 0 Å². The van der Waals surface area contributed by atoms with Gasteiger partial charge in [-0.05, 0) is 29.3 Å². The molecule has 3 heteroatoms. The molecule has 4 rings (SSSR count). The van der Waals surface area contributed by atoms with E-state index >= 15 is 0 Å². The van der Waals surface area contributed by atoms with Crippen LogP contribution in [0, 0.1) is 0 Å². The number of nitrogens with zero attached hydrogens (tertiary/aromatic N) is 2. The molecule has 0 bridgehead atoms. The number of hydrogen-bond acceptors (Lipinski definition) is 2. The SMILES string of the molecule is CN(C)c1ccc(-c2cnc3[nH]cc(-c4ccccc4)c3c2)cc1. The molecule has 1 N–H and O–H groups in total. The standard InChI is InChI=1S/C21H19N3/c1-24(2)18-10-8-15(9-11-18)17-12-19-20(14-23-21(19)22-13-17)16-6-4-3-5-7-16/h3-14H,1-2H3,(H,22,23). The maximum absolute atomic E-state index is 4.60. The lowest BCUT2D eigenvalue weighted by Gasteiger charge is -2.12. The summed E-state index contributed by atoms with van der Waals surface area (Å²) in [5.41, 5.74) is 6.80. The summed E-state index contributed by atoms with van der Waals surface area (Å²) in [4.78, 5) is 9.97. The minimum absolute atomic E-state index is 0.919. The quantitative estimate of drug-likeness (QED) is 0.579. The zero-order valence-corrected chi connectivity index (χ0v) is 13.8. The number of hydrogen-bond donors (Lipinski definition) is 1. The molecule has 0 unspecified atom stereocenters. The summed E-state index contributed by atoms with van der Waals surface area (Å²) in [6.07, 6.45) is 3.96. The Hall–Kier alpha value is -3.07. The van der Waals surface area contributed by atoms with E-state index in [0.29, 0.717) is 0 Å². The van der Waals surface area contributed by atoms with Crippen molar-refractivity contribution in [3.8, 4) is 22.3 Å². The van der Waals surface area contributed by atoms with Gasteiger partial charge in [0.05, 0.1) is 0 Å². The first-order chi connectivity index (χ1) is 11.7. The number of rotatable bonds is 3. The van der Waals surface area contributed by atoms with Gasteiger partial charge in [0.1, 0.15) is 5.65 Å². The fraction of sp³-hybridized carbons (Fsp3) is 0.0952. The second-order valence-electron chi connectivity index (χ2n) is 6.13. The van der Waals surface area contributed by atoms with Gasteiger partial charge in [-0.1, -0.05) is 42.5 Å². The second kappa shape index (κ2) is 5.85. The van der Waals surface area contributed by atoms with Crippen LogP contribution in [0.2, 0.25) is 0 Å². The van der Waals surface area contributed by atoms with Crippen molar-refractivity contribution in [1.29, 1.82) is 0 Å². The molecule has 0 fully saturated rings. The van der Waals surface area contributed by atoms with Gasteiger partial charge in [-0.2, -0.15) is 0 Å². The van der Waals surface area contributed by atoms with Gasteiger partial charge in [-0.15, -0.1) is 0 Å². The van der Waals surface area contributed by atoms with Crippen LogP contribution < -0.4 is 4.90 Å².